The van der Waals surface area contributed by atoms with E-state index in [0.29, 0.717) is 5.56 Å². The average molecular weight is 278 g/mol. The van der Waals surface area contributed by atoms with Gasteiger partial charge in [0.05, 0.1) is 11.0 Å². The fourth-order valence-electron chi connectivity index (χ4n) is 1.56. The summed E-state index contributed by atoms with van der Waals surface area (Å²) in [6.45, 7) is 1.59. The number of aliphatic hydroxyl groups excluding tert-OH is 1. The molecule has 2 rings (SSSR count). The van der Waals surface area contributed by atoms with Crippen LogP contribution in [0, 0.1) is 15.9 Å². The van der Waals surface area contributed by atoms with E-state index in [1.165, 1.54) is 18.3 Å². The highest BCUT2D eigenvalue weighted by Crippen LogP contribution is 2.26. The molecule has 2 aromatic rings. The van der Waals surface area contributed by atoms with E-state index in [1.807, 2.05) is 0 Å². The molecule has 0 amide bonds. The number of nitro groups is 1. The first-order valence-electron chi connectivity index (χ1n) is 5.73. The highest BCUT2D eigenvalue weighted by atomic mass is 19.1. The Morgan fingerprint density at radius 3 is 2.75 bits per heavy atom. The monoisotopic (exact) mass is 278 g/mol. The fourth-order valence-corrected chi connectivity index (χ4v) is 1.56. The molecule has 6 nitrogen and oxygen atoms in total. The van der Waals surface area contributed by atoms with Crippen molar-refractivity contribution in [2.75, 3.05) is 0 Å². The molecule has 0 saturated heterocycles. The zero-order valence-electron chi connectivity index (χ0n) is 10.5. The Labute approximate surface area is 113 Å². The largest absolute Gasteiger partial charge is 0.439 e. The van der Waals surface area contributed by atoms with Gasteiger partial charge in [0.1, 0.15) is 5.75 Å². The van der Waals surface area contributed by atoms with Crippen molar-refractivity contribution in [2.24, 2.45) is 0 Å². The van der Waals surface area contributed by atoms with Crippen LogP contribution in [0.25, 0.3) is 0 Å². The molecule has 0 aliphatic rings. The molecule has 0 aliphatic heterocycles. The first-order valence-corrected chi connectivity index (χ1v) is 5.73. The molecule has 7 heteroatoms. The number of nitro benzene ring substituents is 1. The molecule has 0 unspecified atom stereocenters. The Hall–Kier alpha value is -2.54. The number of hydrogen-bond donors (Lipinski definition) is 1. The maximum atomic E-state index is 13.4. The van der Waals surface area contributed by atoms with Crippen LogP contribution in [0.15, 0.2) is 36.5 Å². The first kappa shape index (κ1) is 13.9. The summed E-state index contributed by atoms with van der Waals surface area (Å²) in [6, 6.07) is 6.33. The van der Waals surface area contributed by atoms with Crippen LogP contribution in [0.1, 0.15) is 18.6 Å². The molecule has 1 atom stereocenters. The van der Waals surface area contributed by atoms with Gasteiger partial charge in [0.2, 0.25) is 11.7 Å². The maximum absolute atomic E-state index is 13.4. The van der Waals surface area contributed by atoms with E-state index in [9.17, 15) is 19.6 Å². The second-order valence-corrected chi connectivity index (χ2v) is 4.08. The number of ether oxygens (including phenoxy) is 1. The van der Waals surface area contributed by atoms with Gasteiger partial charge in [0, 0.05) is 24.4 Å². The summed E-state index contributed by atoms with van der Waals surface area (Å²) in [6.07, 6.45) is 0.757. The summed E-state index contributed by atoms with van der Waals surface area (Å²) < 4.78 is 18.7. The Balaban J connectivity index is 2.24. The molecule has 0 saturated carbocycles. The molecule has 0 radical (unpaired) electrons. The van der Waals surface area contributed by atoms with Gasteiger partial charge in [-0.1, -0.05) is 0 Å². The zero-order valence-corrected chi connectivity index (χ0v) is 10.5. The maximum Gasteiger partial charge on any atom is 0.305 e. The number of aliphatic hydroxyl groups is 1. The van der Waals surface area contributed by atoms with Crippen molar-refractivity contribution in [1.29, 1.82) is 0 Å². The molecule has 1 aromatic carbocycles. The highest BCUT2D eigenvalue weighted by Gasteiger charge is 2.15. The lowest BCUT2D eigenvalue weighted by atomic mass is 10.2. The van der Waals surface area contributed by atoms with Gasteiger partial charge in [0.15, 0.2) is 0 Å². The molecule has 0 fully saturated rings. The third-order valence-corrected chi connectivity index (χ3v) is 2.58. The molecule has 1 heterocycles. The number of aromatic nitrogens is 1. The van der Waals surface area contributed by atoms with Crippen molar-refractivity contribution in [2.45, 2.75) is 13.0 Å². The second-order valence-electron chi connectivity index (χ2n) is 4.08. The Morgan fingerprint density at radius 2 is 2.15 bits per heavy atom. The lowest BCUT2D eigenvalue weighted by Gasteiger charge is -2.08. The minimum absolute atomic E-state index is 0.0864. The third kappa shape index (κ3) is 3.07. The van der Waals surface area contributed by atoms with Gasteiger partial charge in [-0.2, -0.15) is 4.39 Å². The van der Waals surface area contributed by atoms with Gasteiger partial charge in [-0.3, -0.25) is 10.1 Å². The number of nitrogens with zero attached hydrogens (tertiary/aromatic N) is 2. The molecule has 1 N–H and O–H groups in total. The van der Waals surface area contributed by atoms with Crippen LogP contribution >= 0.6 is 0 Å². The summed E-state index contributed by atoms with van der Waals surface area (Å²) in [5.74, 6) is -0.737. The average Bonchev–Trinajstić information content (AvgIpc) is 2.38. The molecule has 20 heavy (non-hydrogen) atoms. The Kier molecular flexibility index (Phi) is 3.90. The zero-order chi connectivity index (χ0) is 14.7. The van der Waals surface area contributed by atoms with E-state index in [4.69, 9.17) is 4.74 Å². The summed E-state index contributed by atoms with van der Waals surface area (Å²) in [5, 5.41) is 19.9. The lowest BCUT2D eigenvalue weighted by molar-refractivity contribution is -0.387. The van der Waals surface area contributed by atoms with Crippen LogP contribution in [0.3, 0.4) is 0 Å². The number of halogens is 1. The molecular formula is C13H11FN2O4. The number of benzene rings is 1. The summed E-state index contributed by atoms with van der Waals surface area (Å²) >= 11 is 0. The molecule has 0 bridgehead atoms. The standard InChI is InChI=1S/C13H11FN2O4/c1-8(17)9-4-5-15-13(6-9)20-10-2-3-12(16(18)19)11(14)7-10/h2-8,17H,1H3/t8-/m1/s1. The summed E-state index contributed by atoms with van der Waals surface area (Å²) in [5.41, 5.74) is -0.0274. The molecule has 1 aromatic heterocycles. The Morgan fingerprint density at radius 1 is 1.40 bits per heavy atom. The minimum atomic E-state index is -0.987. The van der Waals surface area contributed by atoms with Crippen LogP contribution in [-0.4, -0.2) is 15.0 Å². The van der Waals surface area contributed by atoms with Crippen LogP contribution in [-0.2, 0) is 0 Å². The predicted octanol–water partition coefficient (Wildman–Crippen LogP) is 2.97. The topological polar surface area (TPSA) is 85.5 Å². The van der Waals surface area contributed by atoms with E-state index in [-0.39, 0.29) is 11.6 Å². The van der Waals surface area contributed by atoms with E-state index in [2.05, 4.69) is 4.98 Å². The third-order valence-electron chi connectivity index (χ3n) is 2.58. The quantitative estimate of drug-likeness (QED) is 0.686. The van der Waals surface area contributed by atoms with Crippen molar-refractivity contribution < 1.29 is 19.2 Å². The smallest absolute Gasteiger partial charge is 0.305 e. The SMILES string of the molecule is C[C@@H](O)c1ccnc(Oc2ccc([N+](=O)[O-])c(F)c2)c1. The van der Waals surface area contributed by atoms with Crippen molar-refractivity contribution in [1.82, 2.24) is 4.98 Å². The van der Waals surface area contributed by atoms with Crippen molar-refractivity contribution >= 4 is 5.69 Å². The Bertz CT molecular complexity index is 646. The van der Waals surface area contributed by atoms with Crippen molar-refractivity contribution in [3.05, 3.63) is 58.0 Å². The van der Waals surface area contributed by atoms with Crippen LogP contribution in [0.4, 0.5) is 10.1 Å². The number of rotatable bonds is 4. The predicted molar refractivity (Wildman–Crippen MR) is 68.0 cm³/mol. The lowest BCUT2D eigenvalue weighted by Crippen LogP contribution is -1.96. The van der Waals surface area contributed by atoms with Crippen LogP contribution in [0.2, 0.25) is 0 Å². The van der Waals surface area contributed by atoms with Crippen molar-refractivity contribution in [3.63, 3.8) is 0 Å². The molecule has 0 aliphatic carbocycles. The van der Waals surface area contributed by atoms with Crippen molar-refractivity contribution in [3.8, 4) is 11.6 Å². The van der Waals surface area contributed by atoms with Gasteiger partial charge < -0.3 is 9.84 Å². The molecular weight excluding hydrogens is 267 g/mol. The van der Waals surface area contributed by atoms with Gasteiger partial charge in [-0.15, -0.1) is 0 Å². The van der Waals surface area contributed by atoms with Crippen LogP contribution < -0.4 is 4.74 Å². The summed E-state index contributed by atoms with van der Waals surface area (Å²) in [7, 11) is 0. The highest BCUT2D eigenvalue weighted by molar-refractivity contribution is 5.39. The first-order chi connectivity index (χ1) is 9.47. The van der Waals surface area contributed by atoms with Gasteiger partial charge in [-0.25, -0.2) is 4.98 Å². The molecule has 0 spiro atoms. The normalized spacial score (nSPS) is 11.9. The number of pyridine rings is 1. The number of hydrogen-bond acceptors (Lipinski definition) is 5. The van der Waals surface area contributed by atoms with E-state index >= 15 is 0 Å². The summed E-state index contributed by atoms with van der Waals surface area (Å²) in [4.78, 5) is 13.6. The minimum Gasteiger partial charge on any atom is -0.439 e. The van der Waals surface area contributed by atoms with E-state index in [0.717, 1.165) is 12.1 Å². The van der Waals surface area contributed by atoms with Crippen LogP contribution in [0.5, 0.6) is 11.6 Å². The van der Waals surface area contributed by atoms with E-state index < -0.39 is 22.5 Å². The van der Waals surface area contributed by atoms with Gasteiger partial charge in [-0.05, 0) is 24.6 Å². The fraction of sp³-hybridized carbons (Fsp3) is 0.154. The molecule has 104 valence electrons. The van der Waals surface area contributed by atoms with Gasteiger partial charge >= 0.3 is 5.69 Å². The van der Waals surface area contributed by atoms with E-state index in [1.54, 1.807) is 13.0 Å². The van der Waals surface area contributed by atoms with Gasteiger partial charge in [0.25, 0.3) is 0 Å². The second kappa shape index (κ2) is 5.62.